The first kappa shape index (κ1) is 39.7. The highest BCUT2D eigenvalue weighted by Gasteiger charge is 2.45. The van der Waals surface area contributed by atoms with E-state index in [1.54, 1.807) is 33.2 Å². The maximum absolute atomic E-state index is 13.7. The molecule has 2 rings (SSSR count). The van der Waals surface area contributed by atoms with Gasteiger partial charge in [-0.05, 0) is 116 Å². The Bertz CT molecular complexity index is 1040. The van der Waals surface area contributed by atoms with E-state index in [9.17, 15) is 30.0 Å². The first-order valence-corrected chi connectivity index (χ1v) is 16.7. The number of phenolic OH excluding ortho intramolecular Hbond substituents is 1. The minimum absolute atomic E-state index is 0.00333. The number of aliphatic hydroxyl groups is 3. The van der Waals surface area contributed by atoms with E-state index in [0.717, 1.165) is 5.56 Å². The molecule has 1 fully saturated rings. The quantitative estimate of drug-likeness (QED) is 0.0908. The van der Waals surface area contributed by atoms with Crippen molar-refractivity contribution in [3.63, 3.8) is 0 Å². The number of hydrogen-bond donors (Lipinski definition) is 7. The van der Waals surface area contributed by atoms with E-state index in [1.165, 1.54) is 14.0 Å². The fourth-order valence-electron chi connectivity index (χ4n) is 6.54. The number of hydrogen-bond acceptors (Lipinski definition) is 12. The van der Waals surface area contributed by atoms with Crippen LogP contribution in [0.4, 0.5) is 0 Å². The second-order valence-electron chi connectivity index (χ2n) is 12.8. The molecule has 1 aliphatic heterocycles. The number of likely N-dealkylation sites (N-methyl/N-ethyl adjacent to an activating group) is 2. The number of benzene rings is 1. The highest BCUT2D eigenvalue weighted by Crippen LogP contribution is 2.43. The lowest BCUT2D eigenvalue weighted by molar-refractivity contribution is -0.168. The lowest BCUT2D eigenvalue weighted by Gasteiger charge is -2.45. The molecule has 12 heteroatoms. The minimum Gasteiger partial charge on any atom is -0.504 e. The van der Waals surface area contributed by atoms with E-state index in [4.69, 9.17) is 14.2 Å². The summed E-state index contributed by atoms with van der Waals surface area (Å²) in [7, 11) is 4.97. The standard InChI is InChI=1S/C34H59N3O9/c1-23(39)8-10-26(11-12-27(41)7-6-18-38)30(45-24(2)40)20-32(46-33(43)28(36-4)22-35-3)34(14-16-37-17-15-34)21-25-9-13-29(42)31(19-25)44-5/h9,13,19,23,26-28,30,32,35-39,41-42H,6-8,10-12,14-18,20-22H2,1-5H3. The summed E-state index contributed by atoms with van der Waals surface area (Å²) in [5.41, 5.74) is 0.383. The summed E-state index contributed by atoms with van der Waals surface area (Å²) in [4.78, 5) is 26.2. The van der Waals surface area contributed by atoms with Crippen LogP contribution in [-0.2, 0) is 25.5 Å². The fourth-order valence-corrected chi connectivity index (χ4v) is 6.54. The number of methoxy groups -OCH3 is 1. The van der Waals surface area contributed by atoms with E-state index in [1.807, 2.05) is 6.07 Å². The third-order valence-corrected chi connectivity index (χ3v) is 9.19. The van der Waals surface area contributed by atoms with E-state index < -0.39 is 47.8 Å². The molecule has 0 radical (unpaired) electrons. The highest BCUT2D eigenvalue weighted by molar-refractivity contribution is 5.76. The number of phenols is 1. The molecule has 0 spiro atoms. The lowest BCUT2D eigenvalue weighted by atomic mass is 9.67. The van der Waals surface area contributed by atoms with Crippen molar-refractivity contribution >= 4 is 11.9 Å². The minimum atomic E-state index is -0.646. The number of ether oxygens (including phenoxy) is 3. The molecular formula is C34H59N3O9. The van der Waals surface area contributed by atoms with Crippen LogP contribution >= 0.6 is 0 Å². The molecule has 46 heavy (non-hydrogen) atoms. The lowest BCUT2D eigenvalue weighted by Crippen LogP contribution is -2.52. The normalized spacial score (nSPS) is 18.5. The van der Waals surface area contributed by atoms with Crippen molar-refractivity contribution < 1.29 is 44.2 Å². The van der Waals surface area contributed by atoms with Crippen LogP contribution in [-0.4, -0.2) is 110 Å². The van der Waals surface area contributed by atoms with Crippen LogP contribution in [0.15, 0.2) is 18.2 Å². The van der Waals surface area contributed by atoms with Crippen LogP contribution in [0, 0.1) is 11.3 Å². The third-order valence-electron chi connectivity index (χ3n) is 9.19. The molecule has 1 aromatic carbocycles. The van der Waals surface area contributed by atoms with Crippen LogP contribution < -0.4 is 20.7 Å². The average molecular weight is 654 g/mol. The molecule has 0 saturated carbocycles. The van der Waals surface area contributed by atoms with Gasteiger partial charge in [0.2, 0.25) is 0 Å². The van der Waals surface area contributed by atoms with Gasteiger partial charge in [0.1, 0.15) is 18.2 Å². The molecule has 1 aromatic rings. The van der Waals surface area contributed by atoms with Crippen molar-refractivity contribution in [2.75, 3.05) is 47.4 Å². The van der Waals surface area contributed by atoms with Gasteiger partial charge < -0.3 is 50.6 Å². The molecule has 12 nitrogen and oxygen atoms in total. The molecule has 6 unspecified atom stereocenters. The van der Waals surface area contributed by atoms with Crippen molar-refractivity contribution in [3.05, 3.63) is 23.8 Å². The topological polar surface area (TPSA) is 179 Å². The Morgan fingerprint density at radius 1 is 1.04 bits per heavy atom. The van der Waals surface area contributed by atoms with Crippen molar-refractivity contribution in [1.29, 1.82) is 0 Å². The van der Waals surface area contributed by atoms with Gasteiger partial charge in [-0.1, -0.05) is 6.07 Å². The molecule has 264 valence electrons. The van der Waals surface area contributed by atoms with Gasteiger partial charge in [0.25, 0.3) is 0 Å². The monoisotopic (exact) mass is 653 g/mol. The zero-order valence-electron chi connectivity index (χ0n) is 28.4. The smallest absolute Gasteiger partial charge is 0.324 e. The third kappa shape index (κ3) is 13.0. The fraction of sp³-hybridized carbons (Fsp3) is 0.765. The van der Waals surface area contributed by atoms with Crippen molar-refractivity contribution in [1.82, 2.24) is 16.0 Å². The summed E-state index contributed by atoms with van der Waals surface area (Å²) < 4.78 is 17.9. The predicted molar refractivity (Wildman–Crippen MR) is 176 cm³/mol. The Labute approximate surface area is 274 Å². The Hall–Kier alpha value is -2.48. The zero-order valence-corrected chi connectivity index (χ0v) is 28.4. The number of carbonyl (C=O) groups excluding carboxylic acids is 2. The van der Waals surface area contributed by atoms with E-state index in [2.05, 4.69) is 16.0 Å². The molecule has 6 atom stereocenters. The van der Waals surface area contributed by atoms with Crippen LogP contribution in [0.1, 0.15) is 77.2 Å². The first-order valence-electron chi connectivity index (χ1n) is 16.7. The summed E-state index contributed by atoms with van der Waals surface area (Å²) in [6, 6.07) is 4.66. The van der Waals surface area contributed by atoms with Gasteiger partial charge in [-0.25, -0.2) is 0 Å². The molecule has 1 heterocycles. The largest absolute Gasteiger partial charge is 0.504 e. The summed E-state index contributed by atoms with van der Waals surface area (Å²) >= 11 is 0. The summed E-state index contributed by atoms with van der Waals surface area (Å²) in [5, 5.41) is 49.7. The Balaban J connectivity index is 2.56. The predicted octanol–water partition coefficient (Wildman–Crippen LogP) is 2.04. The second kappa shape index (κ2) is 20.7. The molecule has 7 N–H and O–H groups in total. The molecule has 1 aliphatic rings. The number of esters is 2. The molecular weight excluding hydrogens is 594 g/mol. The maximum Gasteiger partial charge on any atom is 0.324 e. The van der Waals surface area contributed by atoms with Gasteiger partial charge in [0.15, 0.2) is 11.5 Å². The molecule has 0 amide bonds. The van der Waals surface area contributed by atoms with Gasteiger partial charge in [0, 0.05) is 31.9 Å². The van der Waals surface area contributed by atoms with Crippen LogP contribution in [0.3, 0.4) is 0 Å². The molecule has 0 aromatic heterocycles. The Morgan fingerprint density at radius 3 is 2.33 bits per heavy atom. The number of carbonyl (C=O) groups is 2. The Morgan fingerprint density at radius 2 is 1.74 bits per heavy atom. The number of rotatable bonds is 22. The maximum atomic E-state index is 13.7. The summed E-state index contributed by atoms with van der Waals surface area (Å²) in [6.45, 7) is 4.85. The Kier molecular flexibility index (Phi) is 17.9. The van der Waals surface area contributed by atoms with Gasteiger partial charge in [-0.3, -0.25) is 9.59 Å². The average Bonchev–Trinajstić information content (AvgIpc) is 3.02. The number of aliphatic hydroxyl groups excluding tert-OH is 3. The van der Waals surface area contributed by atoms with Crippen molar-refractivity contribution in [2.24, 2.45) is 11.3 Å². The van der Waals surface area contributed by atoms with E-state index in [0.29, 0.717) is 83.2 Å². The van der Waals surface area contributed by atoms with Gasteiger partial charge in [-0.2, -0.15) is 0 Å². The van der Waals surface area contributed by atoms with Crippen LogP contribution in [0.25, 0.3) is 0 Å². The number of piperidine rings is 1. The van der Waals surface area contributed by atoms with Gasteiger partial charge in [0.05, 0.1) is 19.3 Å². The summed E-state index contributed by atoms with van der Waals surface area (Å²) in [6.07, 6.45) is 2.63. The van der Waals surface area contributed by atoms with E-state index >= 15 is 0 Å². The zero-order chi connectivity index (χ0) is 34.1. The molecule has 0 bridgehead atoms. The van der Waals surface area contributed by atoms with Crippen molar-refractivity contribution in [3.8, 4) is 11.5 Å². The number of aromatic hydroxyl groups is 1. The van der Waals surface area contributed by atoms with Crippen LogP contribution in [0.5, 0.6) is 11.5 Å². The van der Waals surface area contributed by atoms with Crippen molar-refractivity contribution in [2.45, 2.75) is 109 Å². The van der Waals surface area contributed by atoms with Gasteiger partial charge >= 0.3 is 11.9 Å². The van der Waals surface area contributed by atoms with E-state index in [-0.39, 0.29) is 24.7 Å². The molecule has 0 aliphatic carbocycles. The van der Waals surface area contributed by atoms with Crippen LogP contribution in [0.2, 0.25) is 0 Å². The van der Waals surface area contributed by atoms with Gasteiger partial charge in [-0.15, -0.1) is 0 Å². The molecule has 1 saturated heterocycles. The first-order chi connectivity index (χ1) is 22.0. The number of nitrogens with one attached hydrogen (secondary N) is 3. The highest BCUT2D eigenvalue weighted by atomic mass is 16.6. The second-order valence-corrected chi connectivity index (χ2v) is 12.8. The summed E-state index contributed by atoms with van der Waals surface area (Å²) in [5.74, 6) is -0.688. The SMILES string of the molecule is CNCC(NC)C(=O)OC(CC(OC(C)=O)C(CCC(C)O)CCC(O)CCCO)C1(Cc2ccc(O)c(OC)c2)CCNCC1.